The van der Waals surface area contributed by atoms with Crippen LogP contribution in [0.2, 0.25) is 0 Å². The lowest BCUT2D eigenvalue weighted by atomic mass is 9.86. The minimum Gasteiger partial charge on any atom is -0.335 e. The third kappa shape index (κ3) is 5.30. The molecule has 1 aliphatic carbocycles. The maximum absolute atomic E-state index is 13.4. The quantitative estimate of drug-likeness (QED) is 0.728. The molecule has 1 heterocycles. The number of nitrogens with one attached hydrogen (secondary N) is 2. The van der Waals surface area contributed by atoms with Crippen molar-refractivity contribution in [3.63, 3.8) is 0 Å². The van der Waals surface area contributed by atoms with Gasteiger partial charge in [-0.25, -0.2) is 21.9 Å². The predicted molar refractivity (Wildman–Crippen MR) is 106 cm³/mol. The fourth-order valence-corrected chi connectivity index (χ4v) is 4.05. The minimum atomic E-state index is -3.34. The lowest BCUT2D eigenvalue weighted by Crippen LogP contribution is -2.42. The molecule has 0 bridgehead atoms. The highest BCUT2D eigenvalue weighted by Gasteiger charge is 2.30. The Hall–Kier alpha value is -2.07. The summed E-state index contributed by atoms with van der Waals surface area (Å²) in [7, 11) is -3.34. The van der Waals surface area contributed by atoms with Gasteiger partial charge in [-0.15, -0.1) is 0 Å². The molecule has 2 aromatic rings. The Morgan fingerprint density at radius 2 is 1.83 bits per heavy atom. The fraction of sp³-hybridized carbons (Fsp3) is 0.579. The highest BCUT2D eigenvalue weighted by atomic mass is 32.2. The monoisotopic (exact) mass is 428 g/mol. The molecular formula is C19H26F2N4O3S. The zero-order valence-electron chi connectivity index (χ0n) is 16.7. The Labute approximate surface area is 169 Å². The molecule has 2 N–H and O–H groups in total. The highest BCUT2D eigenvalue weighted by molar-refractivity contribution is 7.90. The number of anilines is 1. The minimum absolute atomic E-state index is 0.128. The first-order valence-electron chi connectivity index (χ1n) is 9.60. The summed E-state index contributed by atoms with van der Waals surface area (Å²) in [5, 5.41) is 6.97. The standard InChI is InChI=1S/C19H26F2N4O3S/c1-19(2,3)29(26,27)22-11-12-4-7-14(8-5-12)23-18-24-17(25-28-18)13-6-9-15(20)16(21)10-13/h6,9-10,12,14,22H,4-5,7-8,11H2,1-3H3,(H,23,24,25). The summed E-state index contributed by atoms with van der Waals surface area (Å²) in [4.78, 5) is 4.19. The maximum Gasteiger partial charge on any atom is 0.322 e. The molecule has 0 amide bonds. The number of nitrogens with zero attached hydrogens (tertiary/aromatic N) is 2. The second-order valence-electron chi connectivity index (χ2n) is 8.38. The number of aromatic nitrogens is 2. The summed E-state index contributed by atoms with van der Waals surface area (Å²) >= 11 is 0. The Morgan fingerprint density at radius 3 is 2.45 bits per heavy atom. The van der Waals surface area contributed by atoms with Crippen molar-refractivity contribution in [3.05, 3.63) is 29.8 Å². The largest absolute Gasteiger partial charge is 0.335 e. The number of sulfonamides is 1. The molecule has 0 spiro atoms. The van der Waals surface area contributed by atoms with Crippen LogP contribution >= 0.6 is 0 Å². The summed E-state index contributed by atoms with van der Waals surface area (Å²) in [5.41, 5.74) is 0.329. The number of halogens is 2. The molecule has 0 aliphatic heterocycles. The van der Waals surface area contributed by atoms with E-state index < -0.39 is 26.4 Å². The van der Waals surface area contributed by atoms with E-state index in [1.165, 1.54) is 6.07 Å². The maximum atomic E-state index is 13.4. The van der Waals surface area contributed by atoms with Gasteiger partial charge in [-0.05, 0) is 70.6 Å². The van der Waals surface area contributed by atoms with Gasteiger partial charge in [-0.3, -0.25) is 0 Å². The number of rotatable bonds is 6. The molecule has 1 fully saturated rings. The van der Waals surface area contributed by atoms with E-state index in [2.05, 4.69) is 20.2 Å². The molecule has 0 unspecified atom stereocenters. The number of hydrogen-bond acceptors (Lipinski definition) is 6. The predicted octanol–water partition coefficient (Wildman–Crippen LogP) is 3.70. The van der Waals surface area contributed by atoms with Gasteiger partial charge in [-0.1, -0.05) is 5.16 Å². The van der Waals surface area contributed by atoms with E-state index in [0.717, 1.165) is 37.8 Å². The zero-order chi connectivity index (χ0) is 21.2. The van der Waals surface area contributed by atoms with Crippen molar-refractivity contribution >= 4 is 16.0 Å². The van der Waals surface area contributed by atoms with Gasteiger partial charge in [0.1, 0.15) is 0 Å². The van der Waals surface area contributed by atoms with Crippen molar-refractivity contribution in [1.82, 2.24) is 14.9 Å². The Morgan fingerprint density at radius 1 is 1.14 bits per heavy atom. The van der Waals surface area contributed by atoms with Gasteiger partial charge >= 0.3 is 6.01 Å². The Kier molecular flexibility index (Phi) is 6.23. The second kappa shape index (κ2) is 8.35. The summed E-state index contributed by atoms with van der Waals surface area (Å²) in [5.74, 6) is -1.44. The van der Waals surface area contributed by atoms with Crippen molar-refractivity contribution in [2.75, 3.05) is 11.9 Å². The molecule has 0 radical (unpaired) electrons. The third-order valence-corrected chi connectivity index (χ3v) is 7.31. The van der Waals surface area contributed by atoms with E-state index in [-0.39, 0.29) is 23.8 Å². The van der Waals surface area contributed by atoms with E-state index in [1.54, 1.807) is 20.8 Å². The van der Waals surface area contributed by atoms with E-state index in [9.17, 15) is 17.2 Å². The van der Waals surface area contributed by atoms with Gasteiger partial charge in [-0.2, -0.15) is 4.98 Å². The molecule has 1 aliphatic rings. The summed E-state index contributed by atoms with van der Waals surface area (Å²) in [6.45, 7) is 5.46. The van der Waals surface area contributed by atoms with E-state index in [1.807, 2.05) is 0 Å². The van der Waals surface area contributed by atoms with Gasteiger partial charge in [0.15, 0.2) is 11.6 Å². The van der Waals surface area contributed by atoms with Crippen LogP contribution in [0.1, 0.15) is 46.5 Å². The van der Waals surface area contributed by atoms with Gasteiger partial charge < -0.3 is 9.84 Å². The zero-order valence-corrected chi connectivity index (χ0v) is 17.5. The average Bonchev–Trinajstić information content (AvgIpc) is 3.11. The normalized spacial score (nSPS) is 20.6. The first kappa shape index (κ1) is 21.6. The molecule has 1 aromatic carbocycles. The molecule has 1 saturated carbocycles. The molecule has 29 heavy (non-hydrogen) atoms. The lowest BCUT2D eigenvalue weighted by Gasteiger charge is -2.29. The molecule has 0 saturated heterocycles. The average molecular weight is 429 g/mol. The van der Waals surface area contributed by atoms with Crippen molar-refractivity contribution in [1.29, 1.82) is 0 Å². The molecule has 7 nitrogen and oxygen atoms in total. The second-order valence-corrected chi connectivity index (χ2v) is 10.9. The summed E-state index contributed by atoms with van der Waals surface area (Å²) in [6, 6.07) is 3.78. The van der Waals surface area contributed by atoms with Crippen LogP contribution in [0.5, 0.6) is 0 Å². The first-order chi connectivity index (χ1) is 13.5. The number of benzene rings is 1. The SMILES string of the molecule is CC(C)(C)S(=O)(=O)NCC1CCC(Nc2nc(-c3ccc(F)c(F)c3)no2)CC1. The molecule has 160 valence electrons. The van der Waals surface area contributed by atoms with Crippen LogP contribution in [0, 0.1) is 17.6 Å². The van der Waals surface area contributed by atoms with Crippen LogP contribution in [0.4, 0.5) is 14.8 Å². The van der Waals surface area contributed by atoms with Crippen LogP contribution in [0.3, 0.4) is 0 Å². The molecule has 3 rings (SSSR count). The summed E-state index contributed by atoms with van der Waals surface area (Å²) < 4.78 is 57.8. The van der Waals surface area contributed by atoms with Crippen molar-refractivity contribution in [2.45, 2.75) is 57.2 Å². The molecule has 10 heteroatoms. The van der Waals surface area contributed by atoms with Crippen LogP contribution in [-0.4, -0.2) is 35.9 Å². The van der Waals surface area contributed by atoms with Crippen LogP contribution in [0.25, 0.3) is 11.4 Å². The van der Waals surface area contributed by atoms with E-state index in [0.29, 0.717) is 12.1 Å². The van der Waals surface area contributed by atoms with Gasteiger partial charge in [0, 0.05) is 18.2 Å². The number of hydrogen-bond donors (Lipinski definition) is 2. The smallest absolute Gasteiger partial charge is 0.322 e. The highest BCUT2D eigenvalue weighted by Crippen LogP contribution is 2.27. The van der Waals surface area contributed by atoms with Crippen molar-refractivity contribution < 1.29 is 21.7 Å². The van der Waals surface area contributed by atoms with Gasteiger partial charge in [0.25, 0.3) is 0 Å². The van der Waals surface area contributed by atoms with Gasteiger partial charge in [0.05, 0.1) is 4.75 Å². The molecule has 0 atom stereocenters. The third-order valence-electron chi connectivity index (χ3n) is 5.15. The van der Waals surface area contributed by atoms with Crippen molar-refractivity contribution in [3.8, 4) is 11.4 Å². The van der Waals surface area contributed by atoms with E-state index in [4.69, 9.17) is 4.52 Å². The first-order valence-corrected chi connectivity index (χ1v) is 11.1. The summed E-state index contributed by atoms with van der Waals surface area (Å²) in [6.07, 6.45) is 3.42. The van der Waals surface area contributed by atoms with Crippen LogP contribution in [-0.2, 0) is 10.0 Å². The van der Waals surface area contributed by atoms with Gasteiger partial charge in [0.2, 0.25) is 15.8 Å². The Balaban J connectivity index is 1.50. The Bertz CT molecular complexity index is 949. The molecular weight excluding hydrogens is 402 g/mol. The fourth-order valence-electron chi connectivity index (χ4n) is 3.16. The lowest BCUT2D eigenvalue weighted by molar-refractivity contribution is 0.329. The van der Waals surface area contributed by atoms with Crippen LogP contribution in [0.15, 0.2) is 22.7 Å². The molecule has 1 aromatic heterocycles. The van der Waals surface area contributed by atoms with E-state index >= 15 is 0 Å². The topological polar surface area (TPSA) is 97.1 Å². The van der Waals surface area contributed by atoms with Crippen molar-refractivity contribution in [2.24, 2.45) is 5.92 Å². The van der Waals surface area contributed by atoms with Crippen LogP contribution < -0.4 is 10.0 Å².